The molecule has 0 bridgehead atoms. The highest BCUT2D eigenvalue weighted by atomic mass is 79.9. The van der Waals surface area contributed by atoms with Crippen molar-refractivity contribution in [2.45, 2.75) is 19.1 Å². The first-order valence-electron chi connectivity index (χ1n) is 9.57. The van der Waals surface area contributed by atoms with Gasteiger partial charge in [0.1, 0.15) is 5.52 Å². The van der Waals surface area contributed by atoms with E-state index in [-0.39, 0.29) is 42.9 Å². The Morgan fingerprint density at radius 2 is 2.12 bits per heavy atom. The Balaban J connectivity index is 2.05. The summed E-state index contributed by atoms with van der Waals surface area (Å²) in [5.41, 5.74) is 2.60. The van der Waals surface area contributed by atoms with Crippen LogP contribution < -0.4 is 10.8 Å². The van der Waals surface area contributed by atoms with E-state index in [1.807, 2.05) is 0 Å². The maximum absolute atomic E-state index is 15.5. The van der Waals surface area contributed by atoms with Gasteiger partial charge in [-0.15, -0.1) is 0 Å². The first-order chi connectivity index (χ1) is 15.3. The highest BCUT2D eigenvalue weighted by Crippen LogP contribution is 2.34. The van der Waals surface area contributed by atoms with Crippen LogP contribution in [0, 0.1) is 5.82 Å². The van der Waals surface area contributed by atoms with Crippen molar-refractivity contribution in [3.05, 3.63) is 51.5 Å². The lowest BCUT2D eigenvalue weighted by atomic mass is 10.1. The van der Waals surface area contributed by atoms with Crippen LogP contribution >= 0.6 is 27.5 Å². The number of fused-ring (bicyclic) bond motifs is 1. The summed E-state index contributed by atoms with van der Waals surface area (Å²) in [5, 5.41) is 30.6. The predicted molar refractivity (Wildman–Crippen MR) is 120 cm³/mol. The van der Waals surface area contributed by atoms with E-state index in [0.717, 1.165) is 4.47 Å². The topological polar surface area (TPSA) is 129 Å². The van der Waals surface area contributed by atoms with Gasteiger partial charge < -0.3 is 25.2 Å². The van der Waals surface area contributed by atoms with E-state index in [4.69, 9.17) is 26.7 Å². The summed E-state index contributed by atoms with van der Waals surface area (Å²) < 4.78 is 17.8. The highest BCUT2D eigenvalue weighted by Gasteiger charge is 2.23. The van der Waals surface area contributed by atoms with Gasteiger partial charge in [-0.1, -0.05) is 27.5 Å². The van der Waals surface area contributed by atoms with Crippen LogP contribution in [0.5, 0.6) is 0 Å². The number of nitrogens with zero attached hydrogens (tertiary/aromatic N) is 2. The van der Waals surface area contributed by atoms with Crippen molar-refractivity contribution in [1.29, 1.82) is 0 Å². The Morgan fingerprint density at radius 3 is 2.81 bits per heavy atom. The Kier molecular flexibility index (Phi) is 8.40. The molecule has 1 aromatic heterocycles. The van der Waals surface area contributed by atoms with Crippen molar-refractivity contribution in [3.8, 4) is 0 Å². The third-order valence-electron chi connectivity index (χ3n) is 4.56. The van der Waals surface area contributed by atoms with Gasteiger partial charge in [0.25, 0.3) is 5.91 Å². The maximum atomic E-state index is 15.5. The van der Waals surface area contributed by atoms with Crippen LogP contribution in [0.2, 0.25) is 5.02 Å². The molecular formula is C20H21BrClFN4O5. The number of nitrogens with one attached hydrogen (secondary N) is 2. The summed E-state index contributed by atoms with van der Waals surface area (Å²) in [4.78, 5) is 21.7. The number of hydroxylamine groups is 1. The summed E-state index contributed by atoms with van der Waals surface area (Å²) in [6, 6.07) is 6.37. The molecule has 3 rings (SSSR count). The van der Waals surface area contributed by atoms with E-state index in [1.54, 1.807) is 22.8 Å². The molecule has 0 aliphatic heterocycles. The number of rotatable bonds is 10. The Bertz CT molecular complexity index is 1110. The molecule has 3 aromatic rings. The fraction of sp³-hybridized carbons (Fsp3) is 0.300. The first kappa shape index (κ1) is 24.4. The average Bonchev–Trinajstić information content (AvgIpc) is 3.18. The molecule has 172 valence electrons. The molecule has 0 spiro atoms. The smallest absolute Gasteiger partial charge is 0.277 e. The monoisotopic (exact) mass is 530 g/mol. The molecule has 0 aliphatic rings. The second-order valence-corrected chi connectivity index (χ2v) is 8.12. The summed E-state index contributed by atoms with van der Waals surface area (Å²) in [6.07, 6.45) is 0.657. The van der Waals surface area contributed by atoms with Crippen molar-refractivity contribution in [1.82, 2.24) is 15.0 Å². The molecule has 32 heavy (non-hydrogen) atoms. The summed E-state index contributed by atoms with van der Waals surface area (Å²) in [6.45, 7) is -0.619. The number of aliphatic hydroxyl groups is 3. The van der Waals surface area contributed by atoms with Crippen molar-refractivity contribution >= 4 is 55.8 Å². The minimum absolute atomic E-state index is 0.00653. The van der Waals surface area contributed by atoms with E-state index >= 15 is 4.39 Å². The molecule has 12 heteroatoms. The number of aryl methyl sites for hydroxylation is 1. The average molecular weight is 532 g/mol. The van der Waals surface area contributed by atoms with E-state index in [1.165, 1.54) is 12.4 Å². The molecular weight excluding hydrogens is 511 g/mol. The number of anilines is 2. The van der Waals surface area contributed by atoms with Crippen molar-refractivity contribution < 1.29 is 29.3 Å². The quantitative estimate of drug-likeness (QED) is 0.201. The van der Waals surface area contributed by atoms with Gasteiger partial charge in [0.15, 0.2) is 5.82 Å². The molecule has 0 saturated carbocycles. The van der Waals surface area contributed by atoms with Gasteiger partial charge in [0.05, 0.1) is 59.7 Å². The molecule has 9 nitrogen and oxygen atoms in total. The van der Waals surface area contributed by atoms with E-state index in [9.17, 15) is 9.90 Å². The van der Waals surface area contributed by atoms with Gasteiger partial charge in [-0.05, 0) is 30.7 Å². The number of imidazole rings is 1. The minimum Gasteiger partial charge on any atom is -0.394 e. The zero-order valence-electron chi connectivity index (χ0n) is 16.7. The number of halogens is 3. The van der Waals surface area contributed by atoms with E-state index in [0.29, 0.717) is 16.2 Å². The number of aliphatic hydroxyl groups excluding tert-OH is 3. The molecule has 0 saturated heterocycles. The second-order valence-electron chi connectivity index (χ2n) is 6.80. The molecule has 5 N–H and O–H groups in total. The van der Waals surface area contributed by atoms with Gasteiger partial charge >= 0.3 is 0 Å². The van der Waals surface area contributed by atoms with Gasteiger partial charge in [0.2, 0.25) is 0 Å². The SMILES string of the molecule is O=C(NOCCO)c1cc2c(ncn2CCC(O)CO)c(F)c1Nc1ccc(Br)cc1Cl. The second kappa shape index (κ2) is 11.0. The van der Waals surface area contributed by atoms with Crippen LogP contribution in [-0.2, 0) is 11.4 Å². The third kappa shape index (κ3) is 5.55. The Labute approximate surface area is 195 Å². The van der Waals surface area contributed by atoms with E-state index in [2.05, 4.69) is 31.7 Å². The zero-order chi connectivity index (χ0) is 23.3. The van der Waals surface area contributed by atoms with Crippen LogP contribution in [0.3, 0.4) is 0 Å². The van der Waals surface area contributed by atoms with Gasteiger partial charge in [0, 0.05) is 11.0 Å². The first-order valence-corrected chi connectivity index (χ1v) is 10.7. The third-order valence-corrected chi connectivity index (χ3v) is 5.37. The van der Waals surface area contributed by atoms with Gasteiger partial charge in [-0.3, -0.25) is 9.63 Å². The Morgan fingerprint density at radius 1 is 1.34 bits per heavy atom. The molecule has 1 heterocycles. The number of benzene rings is 2. The molecule has 1 atom stereocenters. The van der Waals surface area contributed by atoms with Gasteiger partial charge in [-0.2, -0.15) is 0 Å². The standard InChI is InChI=1S/C20H21BrClFN4O5/c21-11-1-2-15(14(22)7-11)25-18-13(20(31)26-32-6-5-28)8-16-19(17(18)23)24-10-27(16)4-3-12(30)9-29/h1-2,7-8,10,12,25,28-30H,3-6,9H2,(H,26,31). The van der Waals surface area contributed by atoms with Crippen molar-refractivity contribution in [2.24, 2.45) is 0 Å². The fourth-order valence-corrected chi connectivity index (χ4v) is 3.68. The lowest BCUT2D eigenvalue weighted by Gasteiger charge is -2.16. The van der Waals surface area contributed by atoms with Crippen molar-refractivity contribution in [3.63, 3.8) is 0 Å². The number of carbonyl (C=O) groups excluding carboxylic acids is 1. The number of hydrogen-bond donors (Lipinski definition) is 5. The highest BCUT2D eigenvalue weighted by molar-refractivity contribution is 9.10. The van der Waals surface area contributed by atoms with Crippen LogP contribution in [0.15, 0.2) is 35.1 Å². The van der Waals surface area contributed by atoms with Crippen LogP contribution in [0.25, 0.3) is 11.0 Å². The fourth-order valence-electron chi connectivity index (χ4n) is 2.96. The number of aromatic nitrogens is 2. The summed E-state index contributed by atoms with van der Waals surface area (Å²) in [5.74, 6) is -1.53. The van der Waals surface area contributed by atoms with Crippen LogP contribution in [0.4, 0.5) is 15.8 Å². The Hall–Kier alpha value is -2.28. The normalized spacial score (nSPS) is 12.2. The van der Waals surface area contributed by atoms with Crippen LogP contribution in [0.1, 0.15) is 16.8 Å². The zero-order valence-corrected chi connectivity index (χ0v) is 19.0. The van der Waals surface area contributed by atoms with Gasteiger partial charge in [-0.25, -0.2) is 14.9 Å². The number of amides is 1. The lowest BCUT2D eigenvalue weighted by molar-refractivity contribution is 0.0169. The number of hydrogen-bond acceptors (Lipinski definition) is 7. The maximum Gasteiger partial charge on any atom is 0.277 e. The summed E-state index contributed by atoms with van der Waals surface area (Å²) >= 11 is 9.54. The van der Waals surface area contributed by atoms with Crippen LogP contribution in [-0.4, -0.2) is 56.7 Å². The largest absolute Gasteiger partial charge is 0.394 e. The molecule has 1 unspecified atom stereocenters. The molecule has 2 aromatic carbocycles. The summed E-state index contributed by atoms with van der Waals surface area (Å²) in [7, 11) is 0. The minimum atomic E-state index is -0.938. The lowest BCUT2D eigenvalue weighted by Crippen LogP contribution is -2.26. The van der Waals surface area contributed by atoms with E-state index < -0.39 is 24.4 Å². The molecule has 0 aliphatic carbocycles. The number of carbonyl (C=O) groups is 1. The van der Waals surface area contributed by atoms with Crippen molar-refractivity contribution in [2.75, 3.05) is 25.1 Å². The predicted octanol–water partition coefficient (Wildman–Crippen LogP) is 2.73. The molecule has 1 amide bonds. The molecule has 0 radical (unpaired) electrons. The molecule has 0 fully saturated rings.